The minimum Gasteiger partial charge on any atom is -0.492 e. The first-order chi connectivity index (χ1) is 9.27. The maximum atomic E-state index is 11.6. The summed E-state index contributed by atoms with van der Waals surface area (Å²) in [5.41, 5.74) is 0.624. The molecule has 6 nitrogen and oxygen atoms in total. The smallest absolute Gasteiger partial charge is 0.321 e. The highest BCUT2D eigenvalue weighted by atomic mass is 16.5. The molecule has 0 aliphatic heterocycles. The van der Waals surface area contributed by atoms with Crippen molar-refractivity contribution in [2.45, 2.75) is 6.92 Å². The van der Waals surface area contributed by atoms with E-state index in [1.165, 1.54) is 0 Å². The van der Waals surface area contributed by atoms with Crippen LogP contribution in [0.1, 0.15) is 6.92 Å². The van der Waals surface area contributed by atoms with E-state index in [-0.39, 0.29) is 12.8 Å². The Morgan fingerprint density at radius 1 is 1.26 bits per heavy atom. The zero-order valence-electron chi connectivity index (χ0n) is 11.3. The summed E-state index contributed by atoms with van der Waals surface area (Å²) in [6.45, 7) is 3.50. The minimum atomic E-state index is -0.343. The number of hydrogen-bond donors (Lipinski definition) is 2. The van der Waals surface area contributed by atoms with Gasteiger partial charge in [0.15, 0.2) is 0 Å². The molecule has 0 bridgehead atoms. The summed E-state index contributed by atoms with van der Waals surface area (Å²) >= 11 is 0. The Bertz CT molecular complexity index is 385. The van der Waals surface area contributed by atoms with Gasteiger partial charge in [0.05, 0.1) is 25.5 Å². The number of nitrogens with one attached hydrogen (secondary N) is 2. The summed E-state index contributed by atoms with van der Waals surface area (Å²) < 4.78 is 15.4. The molecule has 0 radical (unpaired) electrons. The van der Waals surface area contributed by atoms with Crippen LogP contribution in [0.15, 0.2) is 24.3 Å². The molecule has 1 aromatic carbocycles. The molecule has 2 amide bonds. The molecular weight excluding hydrogens is 248 g/mol. The number of ether oxygens (including phenoxy) is 3. The van der Waals surface area contributed by atoms with Gasteiger partial charge < -0.3 is 24.8 Å². The number of urea groups is 1. The molecule has 0 aliphatic carbocycles. The monoisotopic (exact) mass is 268 g/mol. The number of carbonyl (C=O) groups is 1. The molecule has 19 heavy (non-hydrogen) atoms. The van der Waals surface area contributed by atoms with Gasteiger partial charge >= 0.3 is 6.03 Å². The summed E-state index contributed by atoms with van der Waals surface area (Å²) in [7, 11) is 1.59. The van der Waals surface area contributed by atoms with Gasteiger partial charge in [-0.15, -0.1) is 0 Å². The standard InChI is InChI=1S/C13H20N2O4/c1-3-19-12-7-5-4-6-11(12)15-13(16)14-10-18-9-8-17-2/h4-7H,3,8-10H2,1-2H3,(H2,14,15,16). The number of anilines is 1. The van der Waals surface area contributed by atoms with E-state index in [1.54, 1.807) is 19.2 Å². The van der Waals surface area contributed by atoms with E-state index in [0.29, 0.717) is 31.3 Å². The molecule has 0 saturated heterocycles. The van der Waals surface area contributed by atoms with Crippen LogP contribution in [0.2, 0.25) is 0 Å². The van der Waals surface area contributed by atoms with Crippen molar-refractivity contribution in [2.75, 3.05) is 39.0 Å². The maximum absolute atomic E-state index is 11.6. The van der Waals surface area contributed by atoms with Crippen LogP contribution in [-0.2, 0) is 9.47 Å². The first kappa shape index (κ1) is 15.3. The minimum absolute atomic E-state index is 0.131. The molecule has 106 valence electrons. The number of amides is 2. The third kappa shape index (κ3) is 6.08. The van der Waals surface area contributed by atoms with Crippen molar-refractivity contribution in [2.24, 2.45) is 0 Å². The maximum Gasteiger partial charge on any atom is 0.321 e. The summed E-state index contributed by atoms with van der Waals surface area (Å²) in [4.78, 5) is 11.6. The molecule has 1 rings (SSSR count). The predicted octanol–water partition coefficient (Wildman–Crippen LogP) is 1.83. The molecule has 0 atom stereocenters. The molecule has 0 heterocycles. The average Bonchev–Trinajstić information content (AvgIpc) is 2.41. The Morgan fingerprint density at radius 2 is 2.05 bits per heavy atom. The fourth-order valence-electron chi connectivity index (χ4n) is 1.35. The lowest BCUT2D eigenvalue weighted by molar-refractivity contribution is 0.0650. The van der Waals surface area contributed by atoms with E-state index < -0.39 is 0 Å². The Kier molecular flexibility index (Phi) is 7.38. The Morgan fingerprint density at radius 3 is 2.79 bits per heavy atom. The van der Waals surface area contributed by atoms with Crippen molar-refractivity contribution >= 4 is 11.7 Å². The highest BCUT2D eigenvalue weighted by molar-refractivity contribution is 5.90. The van der Waals surface area contributed by atoms with Crippen LogP contribution < -0.4 is 15.4 Å². The van der Waals surface area contributed by atoms with Gasteiger partial charge in [-0.05, 0) is 19.1 Å². The Labute approximate surface area is 113 Å². The molecule has 6 heteroatoms. The van der Waals surface area contributed by atoms with Gasteiger partial charge in [0.2, 0.25) is 0 Å². The molecule has 2 N–H and O–H groups in total. The normalized spacial score (nSPS) is 10.0. The van der Waals surface area contributed by atoms with E-state index in [9.17, 15) is 4.79 Å². The second-order valence-electron chi connectivity index (χ2n) is 3.61. The van der Waals surface area contributed by atoms with Crippen molar-refractivity contribution in [1.29, 1.82) is 0 Å². The van der Waals surface area contributed by atoms with Gasteiger partial charge in [0.1, 0.15) is 12.5 Å². The third-order valence-electron chi connectivity index (χ3n) is 2.20. The van der Waals surface area contributed by atoms with E-state index >= 15 is 0 Å². The lowest BCUT2D eigenvalue weighted by atomic mass is 10.3. The fourth-order valence-corrected chi connectivity index (χ4v) is 1.35. The van der Waals surface area contributed by atoms with Gasteiger partial charge in [-0.2, -0.15) is 0 Å². The molecule has 0 spiro atoms. The number of hydrogen-bond acceptors (Lipinski definition) is 4. The predicted molar refractivity (Wildman–Crippen MR) is 72.5 cm³/mol. The van der Waals surface area contributed by atoms with E-state index in [2.05, 4.69) is 10.6 Å². The van der Waals surface area contributed by atoms with Crippen LogP contribution >= 0.6 is 0 Å². The molecule has 1 aromatic rings. The van der Waals surface area contributed by atoms with Crippen molar-refractivity contribution < 1.29 is 19.0 Å². The Balaban J connectivity index is 2.35. The van der Waals surface area contributed by atoms with Crippen molar-refractivity contribution in [1.82, 2.24) is 5.32 Å². The van der Waals surface area contributed by atoms with Crippen LogP contribution in [0.5, 0.6) is 5.75 Å². The summed E-state index contributed by atoms with van der Waals surface area (Å²) in [6, 6.07) is 6.91. The van der Waals surface area contributed by atoms with Crippen LogP contribution in [0.3, 0.4) is 0 Å². The lowest BCUT2D eigenvalue weighted by Gasteiger charge is -2.12. The van der Waals surface area contributed by atoms with Crippen molar-refractivity contribution in [3.05, 3.63) is 24.3 Å². The SMILES string of the molecule is CCOc1ccccc1NC(=O)NCOCCOC. The second kappa shape index (κ2) is 9.18. The van der Waals surface area contributed by atoms with Crippen LogP contribution in [-0.4, -0.2) is 39.7 Å². The molecule has 0 aromatic heterocycles. The summed E-state index contributed by atoms with van der Waals surface area (Å²) in [5, 5.41) is 5.28. The Hall–Kier alpha value is -1.79. The largest absolute Gasteiger partial charge is 0.492 e. The zero-order valence-corrected chi connectivity index (χ0v) is 11.3. The molecule has 0 fully saturated rings. The second-order valence-corrected chi connectivity index (χ2v) is 3.61. The van der Waals surface area contributed by atoms with E-state index in [4.69, 9.17) is 14.2 Å². The van der Waals surface area contributed by atoms with E-state index in [1.807, 2.05) is 19.1 Å². The molecule has 0 unspecified atom stereocenters. The molecule has 0 aliphatic rings. The number of rotatable bonds is 8. The third-order valence-corrected chi connectivity index (χ3v) is 2.20. The van der Waals surface area contributed by atoms with Crippen LogP contribution in [0.4, 0.5) is 10.5 Å². The quantitative estimate of drug-likeness (QED) is 0.557. The summed E-state index contributed by atoms with van der Waals surface area (Å²) in [5.74, 6) is 0.639. The number of methoxy groups -OCH3 is 1. The zero-order chi connectivity index (χ0) is 13.9. The van der Waals surface area contributed by atoms with Gasteiger partial charge in [-0.1, -0.05) is 12.1 Å². The van der Waals surface area contributed by atoms with Crippen LogP contribution in [0.25, 0.3) is 0 Å². The van der Waals surface area contributed by atoms with Gasteiger partial charge in [0, 0.05) is 7.11 Å². The van der Waals surface area contributed by atoms with Gasteiger partial charge in [-0.3, -0.25) is 0 Å². The average molecular weight is 268 g/mol. The van der Waals surface area contributed by atoms with Crippen molar-refractivity contribution in [3.8, 4) is 5.75 Å². The van der Waals surface area contributed by atoms with Crippen molar-refractivity contribution in [3.63, 3.8) is 0 Å². The molecular formula is C13H20N2O4. The van der Waals surface area contributed by atoms with E-state index in [0.717, 1.165) is 0 Å². The summed E-state index contributed by atoms with van der Waals surface area (Å²) in [6.07, 6.45) is 0. The fraction of sp³-hybridized carbons (Fsp3) is 0.462. The number of carbonyl (C=O) groups excluding carboxylic acids is 1. The lowest BCUT2D eigenvalue weighted by Crippen LogP contribution is -2.31. The number of benzene rings is 1. The van der Waals surface area contributed by atoms with Gasteiger partial charge in [0.25, 0.3) is 0 Å². The highest BCUT2D eigenvalue weighted by Gasteiger charge is 2.06. The first-order valence-corrected chi connectivity index (χ1v) is 6.11. The molecule has 0 saturated carbocycles. The first-order valence-electron chi connectivity index (χ1n) is 6.11. The topological polar surface area (TPSA) is 68.8 Å². The number of para-hydroxylation sites is 2. The van der Waals surface area contributed by atoms with Crippen LogP contribution in [0, 0.1) is 0 Å². The van der Waals surface area contributed by atoms with Gasteiger partial charge in [-0.25, -0.2) is 4.79 Å². The highest BCUT2D eigenvalue weighted by Crippen LogP contribution is 2.23.